The van der Waals surface area contributed by atoms with Gasteiger partial charge >= 0.3 is 0 Å². The highest BCUT2D eigenvalue weighted by molar-refractivity contribution is 5.43. The standard InChI is InChI=1S/C16H25NO2/c1-17-16(9-5-4-6-10-16)12-13-7-8-14(18-2)15(11-13)19-3/h7-8,11,17H,4-6,9-10,12H2,1-3H3. The highest BCUT2D eigenvalue weighted by Crippen LogP contribution is 2.34. The Morgan fingerprint density at radius 3 is 2.32 bits per heavy atom. The largest absolute Gasteiger partial charge is 0.493 e. The summed E-state index contributed by atoms with van der Waals surface area (Å²) in [6.45, 7) is 0. The maximum Gasteiger partial charge on any atom is 0.160 e. The Labute approximate surface area is 116 Å². The minimum absolute atomic E-state index is 0.262. The molecule has 0 bridgehead atoms. The van der Waals surface area contributed by atoms with Crippen molar-refractivity contribution in [2.24, 2.45) is 0 Å². The van der Waals surface area contributed by atoms with Crippen LogP contribution < -0.4 is 14.8 Å². The molecule has 0 atom stereocenters. The Morgan fingerprint density at radius 2 is 1.74 bits per heavy atom. The average molecular weight is 263 g/mol. The molecule has 3 heteroatoms. The van der Waals surface area contributed by atoms with Gasteiger partial charge in [-0.1, -0.05) is 25.3 Å². The molecule has 1 aromatic carbocycles. The Morgan fingerprint density at radius 1 is 1.05 bits per heavy atom. The van der Waals surface area contributed by atoms with E-state index in [1.807, 2.05) is 6.07 Å². The van der Waals surface area contributed by atoms with Crippen molar-refractivity contribution >= 4 is 0 Å². The van der Waals surface area contributed by atoms with Crippen molar-refractivity contribution in [1.29, 1.82) is 0 Å². The third kappa shape index (κ3) is 3.21. The van der Waals surface area contributed by atoms with E-state index >= 15 is 0 Å². The van der Waals surface area contributed by atoms with Gasteiger partial charge in [-0.05, 0) is 44.0 Å². The number of rotatable bonds is 5. The fraction of sp³-hybridized carbons (Fsp3) is 0.625. The van der Waals surface area contributed by atoms with Crippen LogP contribution in [0.4, 0.5) is 0 Å². The number of nitrogens with one attached hydrogen (secondary N) is 1. The maximum absolute atomic E-state index is 5.39. The molecule has 0 unspecified atom stereocenters. The van der Waals surface area contributed by atoms with Crippen LogP contribution in [0.25, 0.3) is 0 Å². The zero-order valence-electron chi connectivity index (χ0n) is 12.3. The van der Waals surface area contributed by atoms with E-state index in [0.717, 1.165) is 17.9 Å². The summed E-state index contributed by atoms with van der Waals surface area (Å²) in [7, 11) is 5.45. The molecule has 0 aromatic heterocycles. The lowest BCUT2D eigenvalue weighted by Crippen LogP contribution is -2.46. The number of hydrogen-bond donors (Lipinski definition) is 1. The summed E-state index contributed by atoms with van der Waals surface area (Å²) in [5.41, 5.74) is 1.58. The molecule has 1 saturated carbocycles. The first kappa shape index (κ1) is 14.2. The van der Waals surface area contributed by atoms with Gasteiger partial charge < -0.3 is 14.8 Å². The van der Waals surface area contributed by atoms with Crippen LogP contribution in [0, 0.1) is 0 Å². The van der Waals surface area contributed by atoms with Crippen LogP contribution >= 0.6 is 0 Å². The molecule has 1 aromatic rings. The van der Waals surface area contributed by atoms with Crippen molar-refractivity contribution in [3.63, 3.8) is 0 Å². The van der Waals surface area contributed by atoms with Gasteiger partial charge in [0.15, 0.2) is 11.5 Å². The van der Waals surface area contributed by atoms with Crippen LogP contribution in [0.15, 0.2) is 18.2 Å². The summed E-state index contributed by atoms with van der Waals surface area (Å²) >= 11 is 0. The number of benzene rings is 1. The Bertz CT molecular complexity index is 411. The van der Waals surface area contributed by atoms with Crippen LogP contribution in [-0.4, -0.2) is 26.8 Å². The van der Waals surface area contributed by atoms with Gasteiger partial charge in [0.1, 0.15) is 0 Å². The van der Waals surface area contributed by atoms with Crippen molar-refractivity contribution in [1.82, 2.24) is 5.32 Å². The summed E-state index contributed by atoms with van der Waals surface area (Å²) < 4.78 is 10.7. The second-order valence-electron chi connectivity index (χ2n) is 5.46. The van der Waals surface area contributed by atoms with Gasteiger partial charge in [0.2, 0.25) is 0 Å². The Kier molecular flexibility index (Phi) is 4.70. The SMILES string of the molecule is CNC1(Cc2ccc(OC)c(OC)c2)CCCCC1. The summed E-state index contributed by atoms with van der Waals surface area (Å²) in [4.78, 5) is 0. The molecule has 0 radical (unpaired) electrons. The fourth-order valence-corrected chi connectivity index (χ4v) is 3.13. The highest BCUT2D eigenvalue weighted by Gasteiger charge is 2.30. The molecule has 0 saturated heterocycles. The van der Waals surface area contributed by atoms with E-state index in [1.54, 1.807) is 14.2 Å². The molecule has 2 rings (SSSR count). The van der Waals surface area contributed by atoms with E-state index in [4.69, 9.17) is 9.47 Å². The van der Waals surface area contributed by atoms with E-state index in [2.05, 4.69) is 24.5 Å². The van der Waals surface area contributed by atoms with Crippen molar-refractivity contribution in [2.75, 3.05) is 21.3 Å². The molecule has 1 aliphatic rings. The van der Waals surface area contributed by atoms with Crippen LogP contribution in [0.3, 0.4) is 0 Å². The molecule has 3 nitrogen and oxygen atoms in total. The average Bonchev–Trinajstić information content (AvgIpc) is 2.48. The van der Waals surface area contributed by atoms with Crippen molar-refractivity contribution < 1.29 is 9.47 Å². The first-order chi connectivity index (χ1) is 9.23. The molecular formula is C16H25NO2. The quantitative estimate of drug-likeness (QED) is 0.885. The van der Waals surface area contributed by atoms with Crippen LogP contribution in [0.5, 0.6) is 11.5 Å². The van der Waals surface area contributed by atoms with Crippen molar-refractivity contribution in [2.45, 2.75) is 44.1 Å². The van der Waals surface area contributed by atoms with Crippen LogP contribution in [-0.2, 0) is 6.42 Å². The third-order valence-electron chi connectivity index (χ3n) is 4.33. The molecule has 0 heterocycles. The lowest BCUT2D eigenvalue weighted by Gasteiger charge is -2.37. The predicted molar refractivity (Wildman–Crippen MR) is 78.1 cm³/mol. The van der Waals surface area contributed by atoms with Gasteiger partial charge in [0.25, 0.3) is 0 Å². The van der Waals surface area contributed by atoms with Gasteiger partial charge in [0.05, 0.1) is 14.2 Å². The number of hydrogen-bond acceptors (Lipinski definition) is 3. The molecule has 0 aliphatic heterocycles. The molecule has 19 heavy (non-hydrogen) atoms. The van der Waals surface area contributed by atoms with Crippen molar-refractivity contribution in [3.8, 4) is 11.5 Å². The van der Waals surface area contributed by atoms with Crippen molar-refractivity contribution in [3.05, 3.63) is 23.8 Å². The summed E-state index contributed by atoms with van der Waals surface area (Å²) in [6.07, 6.45) is 7.61. The van der Waals surface area contributed by atoms with Crippen LogP contribution in [0.2, 0.25) is 0 Å². The van der Waals surface area contributed by atoms with E-state index in [1.165, 1.54) is 37.7 Å². The lowest BCUT2D eigenvalue weighted by molar-refractivity contribution is 0.244. The van der Waals surface area contributed by atoms with E-state index < -0.39 is 0 Å². The molecule has 0 spiro atoms. The highest BCUT2D eigenvalue weighted by atomic mass is 16.5. The minimum Gasteiger partial charge on any atom is -0.493 e. The maximum atomic E-state index is 5.39. The fourth-order valence-electron chi connectivity index (χ4n) is 3.13. The Hall–Kier alpha value is -1.22. The molecule has 106 valence electrons. The first-order valence-corrected chi connectivity index (χ1v) is 7.13. The zero-order valence-corrected chi connectivity index (χ0v) is 12.3. The van der Waals surface area contributed by atoms with Gasteiger partial charge in [-0.3, -0.25) is 0 Å². The zero-order chi connectivity index (χ0) is 13.7. The molecule has 0 amide bonds. The van der Waals surface area contributed by atoms with Gasteiger partial charge in [-0.2, -0.15) is 0 Å². The molecule has 1 aliphatic carbocycles. The van der Waals surface area contributed by atoms with E-state index in [0.29, 0.717) is 0 Å². The van der Waals surface area contributed by atoms with Gasteiger partial charge in [0, 0.05) is 5.54 Å². The van der Waals surface area contributed by atoms with E-state index in [9.17, 15) is 0 Å². The Balaban J connectivity index is 2.17. The predicted octanol–water partition coefficient (Wildman–Crippen LogP) is 3.17. The minimum atomic E-state index is 0.262. The summed E-state index contributed by atoms with van der Waals surface area (Å²) in [6, 6.07) is 6.25. The number of methoxy groups -OCH3 is 2. The number of likely N-dealkylation sites (N-methyl/N-ethyl adjacent to an activating group) is 1. The second kappa shape index (κ2) is 6.29. The second-order valence-corrected chi connectivity index (χ2v) is 5.46. The monoisotopic (exact) mass is 263 g/mol. The van der Waals surface area contributed by atoms with Gasteiger partial charge in [-0.15, -0.1) is 0 Å². The van der Waals surface area contributed by atoms with Gasteiger partial charge in [-0.25, -0.2) is 0 Å². The molecular weight excluding hydrogens is 238 g/mol. The van der Waals surface area contributed by atoms with E-state index in [-0.39, 0.29) is 5.54 Å². The first-order valence-electron chi connectivity index (χ1n) is 7.13. The normalized spacial score (nSPS) is 18.1. The lowest BCUT2D eigenvalue weighted by atomic mass is 9.77. The topological polar surface area (TPSA) is 30.5 Å². The molecule has 1 fully saturated rings. The molecule has 1 N–H and O–H groups in total. The third-order valence-corrected chi connectivity index (χ3v) is 4.33. The summed E-state index contributed by atoms with van der Waals surface area (Å²) in [5.74, 6) is 1.62. The van der Waals surface area contributed by atoms with Crippen LogP contribution in [0.1, 0.15) is 37.7 Å². The smallest absolute Gasteiger partial charge is 0.160 e. The number of ether oxygens (including phenoxy) is 2. The summed E-state index contributed by atoms with van der Waals surface area (Å²) in [5, 5.41) is 3.56.